The van der Waals surface area contributed by atoms with Crippen LogP contribution in [0.15, 0.2) is 66.7 Å². The Kier molecular flexibility index (Phi) is 6.98. The molecule has 0 aliphatic rings. The molecule has 0 saturated carbocycles. The third-order valence-corrected chi connectivity index (χ3v) is 4.76. The van der Waals surface area contributed by atoms with Crippen molar-refractivity contribution >= 4 is 22.6 Å². The zero-order valence-electron chi connectivity index (χ0n) is 16.9. The predicted octanol–water partition coefficient (Wildman–Crippen LogP) is 2.88. The Hall–Kier alpha value is -3.18. The quantitative estimate of drug-likeness (QED) is 0.623. The van der Waals surface area contributed by atoms with E-state index in [1.165, 1.54) is 5.56 Å². The van der Waals surface area contributed by atoms with Crippen LogP contribution in [-0.2, 0) is 29.1 Å². The van der Waals surface area contributed by atoms with Gasteiger partial charge in [-0.1, -0.05) is 66.7 Å². The van der Waals surface area contributed by atoms with Gasteiger partial charge in [-0.15, -0.1) is 0 Å². The Balaban J connectivity index is 1.50. The number of hydrogen-bond acceptors (Lipinski definition) is 3. The van der Waals surface area contributed by atoms with Crippen molar-refractivity contribution < 1.29 is 9.59 Å². The van der Waals surface area contributed by atoms with Gasteiger partial charge in [-0.3, -0.25) is 9.59 Å². The van der Waals surface area contributed by atoms with Gasteiger partial charge >= 0.3 is 0 Å². The molecular formula is C24H27N3O2. The van der Waals surface area contributed by atoms with Gasteiger partial charge < -0.3 is 15.5 Å². The van der Waals surface area contributed by atoms with Gasteiger partial charge in [0.25, 0.3) is 0 Å². The SMILES string of the molecule is CN(C)Cc1ccccc1CNC(=O)CNC(=O)Cc1cccc2ccccc12. The Labute approximate surface area is 171 Å². The van der Waals surface area contributed by atoms with Gasteiger partial charge in [0.2, 0.25) is 11.8 Å². The standard InChI is InChI=1S/C24H27N3O2/c1-27(2)17-21-10-4-3-9-20(21)15-25-24(29)16-26-23(28)14-19-12-7-11-18-8-5-6-13-22(18)19/h3-13H,14-17H2,1-2H3,(H,25,29)(H,26,28). The third kappa shape index (κ3) is 5.90. The average Bonchev–Trinajstić information content (AvgIpc) is 2.71. The molecule has 0 aromatic heterocycles. The van der Waals surface area contributed by atoms with E-state index in [2.05, 4.69) is 21.6 Å². The summed E-state index contributed by atoms with van der Waals surface area (Å²) in [5.41, 5.74) is 3.22. The Morgan fingerprint density at radius 1 is 0.759 bits per heavy atom. The van der Waals surface area contributed by atoms with Crippen molar-refractivity contribution in [3.63, 3.8) is 0 Å². The molecule has 2 N–H and O–H groups in total. The van der Waals surface area contributed by atoms with Gasteiger partial charge in [-0.25, -0.2) is 0 Å². The Morgan fingerprint density at radius 3 is 2.21 bits per heavy atom. The predicted molar refractivity (Wildman–Crippen MR) is 116 cm³/mol. The van der Waals surface area contributed by atoms with Crippen LogP contribution < -0.4 is 10.6 Å². The van der Waals surface area contributed by atoms with Gasteiger partial charge in [0.05, 0.1) is 13.0 Å². The maximum atomic E-state index is 12.3. The number of nitrogens with one attached hydrogen (secondary N) is 2. The van der Waals surface area contributed by atoms with Crippen LogP contribution in [0.5, 0.6) is 0 Å². The summed E-state index contributed by atoms with van der Waals surface area (Å²) in [5.74, 6) is -0.361. The molecule has 0 aliphatic carbocycles. The minimum atomic E-state index is -0.198. The van der Waals surface area contributed by atoms with Crippen molar-refractivity contribution in [3.05, 3.63) is 83.4 Å². The second-order valence-electron chi connectivity index (χ2n) is 7.38. The van der Waals surface area contributed by atoms with E-state index < -0.39 is 0 Å². The lowest BCUT2D eigenvalue weighted by Gasteiger charge is -2.15. The van der Waals surface area contributed by atoms with Crippen LogP contribution in [0, 0.1) is 0 Å². The fourth-order valence-electron chi connectivity index (χ4n) is 3.34. The number of nitrogens with zero attached hydrogens (tertiary/aromatic N) is 1. The monoisotopic (exact) mass is 389 g/mol. The minimum absolute atomic E-state index is 0.0283. The van der Waals surface area contributed by atoms with Crippen LogP contribution in [0.2, 0.25) is 0 Å². The summed E-state index contributed by atoms with van der Waals surface area (Å²) in [5, 5.41) is 7.77. The van der Waals surface area contributed by atoms with Gasteiger partial charge in [0, 0.05) is 13.1 Å². The first-order chi connectivity index (χ1) is 14.0. The van der Waals surface area contributed by atoms with E-state index in [1.807, 2.05) is 74.8 Å². The average molecular weight is 389 g/mol. The van der Waals surface area contributed by atoms with E-state index >= 15 is 0 Å². The first-order valence-electron chi connectivity index (χ1n) is 9.74. The fraction of sp³-hybridized carbons (Fsp3) is 0.250. The normalized spacial score (nSPS) is 10.9. The lowest BCUT2D eigenvalue weighted by Crippen LogP contribution is -2.37. The van der Waals surface area contributed by atoms with Crippen molar-refractivity contribution in [1.29, 1.82) is 0 Å². The number of hydrogen-bond donors (Lipinski definition) is 2. The number of rotatable bonds is 8. The molecule has 0 spiro atoms. The largest absolute Gasteiger partial charge is 0.350 e. The summed E-state index contributed by atoms with van der Waals surface area (Å²) in [4.78, 5) is 26.6. The highest BCUT2D eigenvalue weighted by Gasteiger charge is 2.10. The van der Waals surface area contributed by atoms with Gasteiger partial charge in [-0.2, -0.15) is 0 Å². The second-order valence-corrected chi connectivity index (χ2v) is 7.38. The van der Waals surface area contributed by atoms with Gasteiger partial charge in [0.15, 0.2) is 0 Å². The fourth-order valence-corrected chi connectivity index (χ4v) is 3.34. The van der Waals surface area contributed by atoms with Crippen LogP contribution in [-0.4, -0.2) is 37.4 Å². The first-order valence-corrected chi connectivity index (χ1v) is 9.74. The molecule has 0 unspecified atom stereocenters. The van der Waals surface area contributed by atoms with Crippen molar-refractivity contribution in [2.24, 2.45) is 0 Å². The van der Waals surface area contributed by atoms with E-state index in [4.69, 9.17) is 0 Å². The van der Waals surface area contributed by atoms with Gasteiger partial charge in [-0.05, 0) is 41.6 Å². The summed E-state index contributed by atoms with van der Waals surface area (Å²) in [6.45, 7) is 1.23. The molecule has 0 saturated heterocycles. The number of amides is 2. The smallest absolute Gasteiger partial charge is 0.239 e. The van der Waals surface area contributed by atoms with E-state index in [9.17, 15) is 9.59 Å². The van der Waals surface area contributed by atoms with Crippen LogP contribution in [0.1, 0.15) is 16.7 Å². The lowest BCUT2D eigenvalue weighted by molar-refractivity contribution is -0.125. The van der Waals surface area contributed by atoms with Crippen molar-refractivity contribution in [2.75, 3.05) is 20.6 Å². The van der Waals surface area contributed by atoms with Crippen LogP contribution in [0.3, 0.4) is 0 Å². The summed E-state index contributed by atoms with van der Waals surface area (Å²) >= 11 is 0. The summed E-state index contributed by atoms with van der Waals surface area (Å²) < 4.78 is 0. The van der Waals surface area contributed by atoms with E-state index in [-0.39, 0.29) is 24.8 Å². The molecule has 3 aromatic rings. The highest BCUT2D eigenvalue weighted by Crippen LogP contribution is 2.18. The highest BCUT2D eigenvalue weighted by molar-refractivity contribution is 5.91. The van der Waals surface area contributed by atoms with Crippen LogP contribution in [0.25, 0.3) is 10.8 Å². The maximum absolute atomic E-state index is 12.3. The van der Waals surface area contributed by atoms with Crippen molar-refractivity contribution in [1.82, 2.24) is 15.5 Å². The molecule has 0 bridgehead atoms. The minimum Gasteiger partial charge on any atom is -0.350 e. The number of fused-ring (bicyclic) bond motifs is 1. The van der Waals surface area contributed by atoms with Crippen molar-refractivity contribution in [3.8, 4) is 0 Å². The van der Waals surface area contributed by atoms with Crippen LogP contribution >= 0.6 is 0 Å². The Morgan fingerprint density at radius 2 is 1.41 bits per heavy atom. The summed E-state index contributed by atoms with van der Waals surface area (Å²) in [6, 6.07) is 21.9. The van der Waals surface area contributed by atoms with Crippen molar-refractivity contribution in [2.45, 2.75) is 19.5 Å². The third-order valence-electron chi connectivity index (χ3n) is 4.76. The molecule has 0 heterocycles. The van der Waals surface area contributed by atoms with Crippen LogP contribution in [0.4, 0.5) is 0 Å². The first kappa shape index (κ1) is 20.6. The number of benzene rings is 3. The molecule has 5 heteroatoms. The molecule has 0 radical (unpaired) electrons. The molecule has 2 amide bonds. The molecule has 0 atom stereocenters. The van der Waals surface area contributed by atoms with Gasteiger partial charge in [0.1, 0.15) is 0 Å². The zero-order valence-corrected chi connectivity index (χ0v) is 16.9. The highest BCUT2D eigenvalue weighted by atomic mass is 16.2. The molecular weight excluding hydrogens is 362 g/mol. The number of carbonyl (C=O) groups is 2. The molecule has 3 rings (SSSR count). The lowest BCUT2D eigenvalue weighted by atomic mass is 10.0. The second kappa shape index (κ2) is 9.85. The molecule has 0 aliphatic heterocycles. The Bertz CT molecular complexity index is 993. The summed E-state index contributed by atoms with van der Waals surface area (Å²) in [6.07, 6.45) is 0.250. The maximum Gasteiger partial charge on any atom is 0.239 e. The topological polar surface area (TPSA) is 61.4 Å². The van der Waals surface area contributed by atoms with E-state index in [0.717, 1.165) is 28.4 Å². The molecule has 29 heavy (non-hydrogen) atoms. The van der Waals surface area contributed by atoms with E-state index in [0.29, 0.717) is 6.54 Å². The summed E-state index contributed by atoms with van der Waals surface area (Å²) in [7, 11) is 4.03. The molecule has 0 fully saturated rings. The molecule has 150 valence electrons. The molecule has 5 nitrogen and oxygen atoms in total. The zero-order chi connectivity index (χ0) is 20.6. The number of carbonyl (C=O) groups excluding carboxylic acids is 2. The van der Waals surface area contributed by atoms with E-state index in [1.54, 1.807) is 0 Å². The molecule has 3 aromatic carbocycles.